The van der Waals surface area contributed by atoms with Crippen LogP contribution in [0.5, 0.6) is 0 Å². The first kappa shape index (κ1) is 22.7. The van der Waals surface area contributed by atoms with E-state index >= 15 is 0 Å². The predicted molar refractivity (Wildman–Crippen MR) is 127 cm³/mol. The number of benzene rings is 1. The van der Waals surface area contributed by atoms with Crippen LogP contribution < -0.4 is 21.9 Å². The second-order valence-electron chi connectivity index (χ2n) is 8.10. The van der Waals surface area contributed by atoms with Gasteiger partial charge in [-0.2, -0.15) is 10.2 Å². The molecule has 1 atom stereocenters. The molecule has 33 heavy (non-hydrogen) atoms. The Morgan fingerprint density at radius 2 is 2.09 bits per heavy atom. The highest BCUT2D eigenvalue weighted by Gasteiger charge is 2.26. The van der Waals surface area contributed by atoms with Crippen LogP contribution in [0.25, 0.3) is 11.2 Å². The lowest BCUT2D eigenvalue weighted by atomic mass is 10.1. The summed E-state index contributed by atoms with van der Waals surface area (Å²) in [6.07, 6.45) is 1.85. The lowest BCUT2D eigenvalue weighted by molar-refractivity contribution is 0.496. The highest BCUT2D eigenvalue weighted by Crippen LogP contribution is 2.23. The van der Waals surface area contributed by atoms with E-state index in [9.17, 15) is 9.59 Å². The number of anilines is 1. The molecular formula is C23H24ClN7O2. The third kappa shape index (κ3) is 4.13. The average Bonchev–Trinajstić information content (AvgIpc) is 3.19. The molecule has 1 aromatic carbocycles. The number of nitriles is 1. The fraction of sp³-hybridized carbons (Fsp3) is 0.391. The molecule has 4 rings (SSSR count). The largest absolute Gasteiger partial charge is 0.341 e. The lowest BCUT2D eigenvalue weighted by Gasteiger charge is -2.31. The van der Waals surface area contributed by atoms with E-state index in [1.165, 1.54) is 10.6 Å². The molecule has 0 radical (unpaired) electrons. The minimum absolute atomic E-state index is 0.0169. The fourth-order valence-corrected chi connectivity index (χ4v) is 4.40. The van der Waals surface area contributed by atoms with Crippen molar-refractivity contribution in [1.82, 2.24) is 18.7 Å². The molecule has 2 N–H and O–H groups in total. The topological polar surface area (TPSA) is 115 Å². The van der Waals surface area contributed by atoms with Crippen molar-refractivity contribution >= 4 is 28.7 Å². The van der Waals surface area contributed by atoms with Crippen LogP contribution in [-0.2, 0) is 20.1 Å². The number of halogens is 1. The van der Waals surface area contributed by atoms with E-state index in [2.05, 4.69) is 21.7 Å². The first-order valence-corrected chi connectivity index (χ1v) is 11.0. The van der Waals surface area contributed by atoms with E-state index < -0.39 is 11.2 Å². The first-order chi connectivity index (χ1) is 15.8. The molecular weight excluding hydrogens is 442 g/mol. The van der Waals surface area contributed by atoms with Gasteiger partial charge in [-0.05, 0) is 37.5 Å². The SMILES string of the molecule is CC#CCn1c(N2CCCC(N)C2)nc2c1c(=O)n(Cc1ccc(C#N)cc1Cl)c(=O)n2C. The van der Waals surface area contributed by atoms with Gasteiger partial charge in [0.15, 0.2) is 11.2 Å². The minimum atomic E-state index is -0.499. The summed E-state index contributed by atoms with van der Waals surface area (Å²) in [4.78, 5) is 33.5. The summed E-state index contributed by atoms with van der Waals surface area (Å²) >= 11 is 6.31. The van der Waals surface area contributed by atoms with Gasteiger partial charge in [0.25, 0.3) is 5.56 Å². The molecule has 0 spiro atoms. The van der Waals surface area contributed by atoms with Crippen molar-refractivity contribution in [3.05, 3.63) is 55.2 Å². The molecule has 9 nitrogen and oxygen atoms in total. The quantitative estimate of drug-likeness (QED) is 0.583. The number of nitrogens with two attached hydrogens (primary N) is 1. The monoisotopic (exact) mass is 465 g/mol. The molecule has 0 saturated carbocycles. The maximum Gasteiger partial charge on any atom is 0.332 e. The first-order valence-electron chi connectivity index (χ1n) is 10.6. The highest BCUT2D eigenvalue weighted by atomic mass is 35.5. The van der Waals surface area contributed by atoms with Gasteiger partial charge in [-0.1, -0.05) is 23.6 Å². The van der Waals surface area contributed by atoms with E-state index in [4.69, 9.17) is 22.6 Å². The zero-order chi connectivity index (χ0) is 23.7. The summed E-state index contributed by atoms with van der Waals surface area (Å²) < 4.78 is 4.28. The van der Waals surface area contributed by atoms with E-state index in [0.29, 0.717) is 39.8 Å². The summed E-state index contributed by atoms with van der Waals surface area (Å²) in [6.45, 7) is 3.35. The van der Waals surface area contributed by atoms with Gasteiger partial charge in [0, 0.05) is 31.2 Å². The van der Waals surface area contributed by atoms with E-state index in [-0.39, 0.29) is 19.1 Å². The number of aryl methyl sites for hydroxylation is 1. The van der Waals surface area contributed by atoms with Crippen molar-refractivity contribution in [3.63, 3.8) is 0 Å². The number of piperidine rings is 1. The molecule has 0 aliphatic carbocycles. The molecule has 1 aliphatic rings. The zero-order valence-electron chi connectivity index (χ0n) is 18.5. The smallest absolute Gasteiger partial charge is 0.332 e. The number of hydrogen-bond acceptors (Lipinski definition) is 6. The standard InChI is InChI=1S/C23H24ClN7O2/c1-3-4-10-30-19-20(27-22(30)29-9-5-6-17(26)14-29)28(2)23(33)31(21(19)32)13-16-8-7-15(12-25)11-18(16)24/h7-8,11,17H,5-6,9-10,13-14,26H2,1-2H3. The summed E-state index contributed by atoms with van der Waals surface area (Å²) in [5.41, 5.74) is 6.79. The van der Waals surface area contributed by atoms with Crippen molar-refractivity contribution in [2.24, 2.45) is 12.8 Å². The Morgan fingerprint density at radius 3 is 2.76 bits per heavy atom. The van der Waals surface area contributed by atoms with E-state index in [1.54, 1.807) is 30.7 Å². The Morgan fingerprint density at radius 1 is 1.30 bits per heavy atom. The van der Waals surface area contributed by atoms with Crippen molar-refractivity contribution in [2.75, 3.05) is 18.0 Å². The van der Waals surface area contributed by atoms with Gasteiger partial charge in [0.05, 0.1) is 24.7 Å². The Hall–Kier alpha value is -3.53. The van der Waals surface area contributed by atoms with Gasteiger partial charge in [-0.3, -0.25) is 18.5 Å². The van der Waals surface area contributed by atoms with Gasteiger partial charge >= 0.3 is 5.69 Å². The molecule has 3 heterocycles. The molecule has 170 valence electrons. The van der Waals surface area contributed by atoms with Gasteiger partial charge < -0.3 is 10.6 Å². The van der Waals surface area contributed by atoms with Crippen molar-refractivity contribution in [1.29, 1.82) is 5.26 Å². The van der Waals surface area contributed by atoms with Crippen LogP contribution in [0, 0.1) is 23.2 Å². The average molecular weight is 466 g/mol. The number of imidazole rings is 1. The van der Waals surface area contributed by atoms with Crippen molar-refractivity contribution in [3.8, 4) is 17.9 Å². The van der Waals surface area contributed by atoms with E-state index in [1.807, 2.05) is 6.07 Å². The van der Waals surface area contributed by atoms with Gasteiger partial charge in [0.1, 0.15) is 0 Å². The predicted octanol–water partition coefficient (Wildman–Crippen LogP) is 1.42. The Kier molecular flexibility index (Phi) is 6.28. The lowest BCUT2D eigenvalue weighted by Crippen LogP contribution is -2.44. The number of hydrogen-bond donors (Lipinski definition) is 1. The second kappa shape index (κ2) is 9.14. The zero-order valence-corrected chi connectivity index (χ0v) is 19.3. The molecule has 10 heteroatoms. The third-order valence-electron chi connectivity index (χ3n) is 5.88. The van der Waals surface area contributed by atoms with Gasteiger partial charge in [0.2, 0.25) is 5.95 Å². The summed E-state index contributed by atoms with van der Waals surface area (Å²) in [5, 5.41) is 9.38. The molecule has 3 aromatic rings. The Bertz CT molecular complexity index is 1450. The van der Waals surface area contributed by atoms with Gasteiger partial charge in [-0.15, -0.1) is 5.92 Å². The highest BCUT2D eigenvalue weighted by molar-refractivity contribution is 6.31. The maximum absolute atomic E-state index is 13.6. The van der Waals surface area contributed by atoms with Crippen LogP contribution in [0.2, 0.25) is 5.02 Å². The van der Waals surface area contributed by atoms with Gasteiger partial charge in [-0.25, -0.2) is 4.79 Å². The van der Waals surface area contributed by atoms with Crippen LogP contribution in [-0.4, -0.2) is 37.8 Å². The molecule has 2 aromatic heterocycles. The number of nitrogens with zero attached hydrogens (tertiary/aromatic N) is 6. The third-order valence-corrected chi connectivity index (χ3v) is 6.23. The van der Waals surface area contributed by atoms with Crippen LogP contribution in [0.3, 0.4) is 0 Å². The van der Waals surface area contributed by atoms with Crippen LogP contribution in [0.4, 0.5) is 5.95 Å². The van der Waals surface area contributed by atoms with Crippen molar-refractivity contribution < 1.29 is 0 Å². The van der Waals surface area contributed by atoms with Crippen LogP contribution >= 0.6 is 11.6 Å². The molecule has 1 fully saturated rings. The summed E-state index contributed by atoms with van der Waals surface area (Å²) in [5.74, 6) is 6.47. The Balaban J connectivity index is 1.91. The Labute approximate surface area is 195 Å². The summed E-state index contributed by atoms with van der Waals surface area (Å²) in [6, 6.07) is 6.81. The van der Waals surface area contributed by atoms with Crippen LogP contribution in [0.1, 0.15) is 30.9 Å². The minimum Gasteiger partial charge on any atom is -0.341 e. The normalized spacial score (nSPS) is 15.8. The van der Waals surface area contributed by atoms with Crippen LogP contribution in [0.15, 0.2) is 27.8 Å². The number of fused-ring (bicyclic) bond motifs is 1. The van der Waals surface area contributed by atoms with E-state index in [0.717, 1.165) is 24.0 Å². The fourth-order valence-electron chi connectivity index (χ4n) is 4.16. The number of rotatable bonds is 4. The second-order valence-corrected chi connectivity index (χ2v) is 8.50. The number of aromatic nitrogens is 4. The molecule has 1 aliphatic heterocycles. The molecule has 1 unspecified atom stereocenters. The molecule has 0 amide bonds. The molecule has 1 saturated heterocycles. The maximum atomic E-state index is 13.6. The molecule has 0 bridgehead atoms. The summed E-state index contributed by atoms with van der Waals surface area (Å²) in [7, 11) is 1.59. The van der Waals surface area contributed by atoms with Crippen molar-refractivity contribution in [2.45, 2.75) is 38.9 Å².